The lowest BCUT2D eigenvalue weighted by atomic mass is 10.2. The molecule has 2 heterocycles. The van der Waals surface area contributed by atoms with Crippen LogP contribution in [0.5, 0.6) is 0 Å². The molecule has 0 saturated carbocycles. The number of hydrazone groups is 1. The van der Waals surface area contributed by atoms with Crippen molar-refractivity contribution in [2.24, 2.45) is 5.10 Å². The van der Waals surface area contributed by atoms with Crippen LogP contribution in [0.4, 0.5) is 0 Å². The third kappa shape index (κ3) is 3.61. The molecule has 0 fully saturated rings. The average molecular weight is 396 g/mol. The van der Waals surface area contributed by atoms with E-state index in [4.69, 9.17) is 11.6 Å². The first-order chi connectivity index (χ1) is 13.1. The average Bonchev–Trinajstić information content (AvgIpc) is 3.26. The Hall–Kier alpha value is -2.63. The maximum atomic E-state index is 12.3. The highest BCUT2D eigenvalue weighted by molar-refractivity contribution is 7.18. The van der Waals surface area contributed by atoms with Crippen molar-refractivity contribution in [2.45, 2.75) is 19.9 Å². The summed E-state index contributed by atoms with van der Waals surface area (Å²) < 4.78 is 2.90. The van der Waals surface area contributed by atoms with Crippen molar-refractivity contribution in [3.8, 4) is 0 Å². The Morgan fingerprint density at radius 3 is 2.26 bits per heavy atom. The van der Waals surface area contributed by atoms with Crippen LogP contribution in [0, 0.1) is 0 Å². The minimum absolute atomic E-state index is 0.112. The molecular weight excluding hydrogens is 378 g/mol. The Morgan fingerprint density at radius 1 is 1.04 bits per heavy atom. The summed E-state index contributed by atoms with van der Waals surface area (Å²) in [6.45, 7) is 2.45. The van der Waals surface area contributed by atoms with Gasteiger partial charge in [-0.05, 0) is 31.2 Å². The van der Waals surface area contributed by atoms with E-state index < -0.39 is 0 Å². The number of amides is 1. The van der Waals surface area contributed by atoms with Gasteiger partial charge in [0, 0.05) is 34.8 Å². The van der Waals surface area contributed by atoms with Crippen LogP contribution in [0.3, 0.4) is 0 Å². The SMILES string of the molecule is C/C(=N\NC(=O)CCn1c2ccccc2c2ccccc21)c1ccc(Cl)s1. The van der Waals surface area contributed by atoms with E-state index in [9.17, 15) is 4.79 Å². The Bertz CT molecular complexity index is 1110. The summed E-state index contributed by atoms with van der Waals surface area (Å²) in [5.74, 6) is -0.112. The van der Waals surface area contributed by atoms with Gasteiger partial charge in [-0.15, -0.1) is 11.3 Å². The number of thiophene rings is 1. The van der Waals surface area contributed by atoms with Crippen molar-refractivity contribution >= 4 is 56.4 Å². The van der Waals surface area contributed by atoms with Gasteiger partial charge in [0.1, 0.15) is 0 Å². The summed E-state index contributed by atoms with van der Waals surface area (Å²) in [6.07, 6.45) is 0.352. The molecule has 4 nitrogen and oxygen atoms in total. The highest BCUT2D eigenvalue weighted by Crippen LogP contribution is 2.28. The third-order valence-electron chi connectivity index (χ3n) is 4.52. The number of aryl methyl sites for hydroxylation is 1. The molecule has 2 aromatic carbocycles. The molecule has 0 atom stereocenters. The van der Waals surface area contributed by atoms with Gasteiger partial charge in [0.15, 0.2) is 0 Å². The summed E-state index contributed by atoms with van der Waals surface area (Å²) in [4.78, 5) is 13.2. The van der Waals surface area contributed by atoms with Crippen molar-refractivity contribution in [3.63, 3.8) is 0 Å². The van der Waals surface area contributed by atoms with Crippen molar-refractivity contribution in [1.82, 2.24) is 9.99 Å². The molecule has 0 spiro atoms. The monoisotopic (exact) mass is 395 g/mol. The number of rotatable bonds is 5. The highest BCUT2D eigenvalue weighted by Gasteiger charge is 2.11. The normalized spacial score (nSPS) is 12.0. The fourth-order valence-electron chi connectivity index (χ4n) is 3.22. The Morgan fingerprint density at radius 2 is 1.67 bits per heavy atom. The second kappa shape index (κ2) is 7.55. The molecule has 1 N–H and O–H groups in total. The molecule has 0 aliphatic heterocycles. The predicted octanol–water partition coefficient (Wildman–Crippen LogP) is 5.44. The zero-order chi connectivity index (χ0) is 18.8. The van der Waals surface area contributed by atoms with E-state index in [1.807, 2.05) is 43.3 Å². The molecule has 0 saturated heterocycles. The number of para-hydroxylation sites is 2. The summed E-state index contributed by atoms with van der Waals surface area (Å²) in [5.41, 5.74) is 5.67. The quantitative estimate of drug-likeness (QED) is 0.355. The largest absolute Gasteiger partial charge is 0.340 e. The standard InChI is InChI=1S/C21H18ClN3OS/c1-14(19-10-11-20(22)27-19)23-24-21(26)12-13-25-17-8-4-2-6-15(17)16-7-3-5-9-18(16)25/h2-11H,12-13H2,1H3,(H,24,26)/b23-14+. The van der Waals surface area contributed by atoms with E-state index in [0.29, 0.717) is 17.3 Å². The Kier molecular flexibility index (Phi) is 4.97. The fourth-order valence-corrected chi connectivity index (χ4v) is 4.21. The van der Waals surface area contributed by atoms with Crippen LogP contribution < -0.4 is 5.43 Å². The van der Waals surface area contributed by atoms with Crippen LogP contribution >= 0.6 is 22.9 Å². The number of carbonyl (C=O) groups excluding carboxylic acids is 1. The van der Waals surface area contributed by atoms with E-state index in [-0.39, 0.29) is 5.91 Å². The van der Waals surface area contributed by atoms with Crippen molar-refractivity contribution < 1.29 is 4.79 Å². The molecule has 0 unspecified atom stereocenters. The first-order valence-electron chi connectivity index (χ1n) is 8.68. The van der Waals surface area contributed by atoms with Gasteiger partial charge < -0.3 is 4.57 Å². The molecule has 0 bridgehead atoms. The molecular formula is C21H18ClN3OS. The van der Waals surface area contributed by atoms with E-state index in [1.165, 1.54) is 22.1 Å². The van der Waals surface area contributed by atoms with Crippen molar-refractivity contribution in [1.29, 1.82) is 0 Å². The maximum Gasteiger partial charge on any atom is 0.241 e. The number of nitrogens with zero attached hydrogens (tertiary/aromatic N) is 2. The molecule has 136 valence electrons. The lowest BCUT2D eigenvalue weighted by molar-refractivity contribution is -0.121. The summed E-state index contributed by atoms with van der Waals surface area (Å²) in [6, 6.07) is 20.3. The maximum absolute atomic E-state index is 12.3. The lowest BCUT2D eigenvalue weighted by Crippen LogP contribution is -2.20. The molecule has 4 rings (SSSR count). The highest BCUT2D eigenvalue weighted by atomic mass is 35.5. The van der Waals surface area contributed by atoms with Gasteiger partial charge in [-0.3, -0.25) is 4.79 Å². The van der Waals surface area contributed by atoms with Crippen LogP contribution in [0.25, 0.3) is 21.8 Å². The molecule has 2 aromatic heterocycles. The molecule has 6 heteroatoms. The van der Waals surface area contributed by atoms with Crippen LogP contribution in [0.15, 0.2) is 65.8 Å². The van der Waals surface area contributed by atoms with Crippen LogP contribution in [-0.4, -0.2) is 16.2 Å². The third-order valence-corrected chi connectivity index (χ3v) is 5.86. The minimum atomic E-state index is -0.112. The fraction of sp³-hybridized carbons (Fsp3) is 0.143. The molecule has 4 aromatic rings. The lowest BCUT2D eigenvalue weighted by Gasteiger charge is -2.07. The first-order valence-corrected chi connectivity index (χ1v) is 9.88. The zero-order valence-corrected chi connectivity index (χ0v) is 16.3. The van der Waals surface area contributed by atoms with Crippen molar-refractivity contribution in [2.75, 3.05) is 0 Å². The first kappa shape index (κ1) is 17.8. The minimum Gasteiger partial charge on any atom is -0.340 e. The van der Waals surface area contributed by atoms with Crippen LogP contribution in [0.2, 0.25) is 4.34 Å². The van der Waals surface area contributed by atoms with Gasteiger partial charge >= 0.3 is 0 Å². The van der Waals surface area contributed by atoms with E-state index >= 15 is 0 Å². The predicted molar refractivity (Wildman–Crippen MR) is 114 cm³/mol. The van der Waals surface area contributed by atoms with Crippen LogP contribution in [0.1, 0.15) is 18.2 Å². The van der Waals surface area contributed by atoms with Gasteiger partial charge in [0.25, 0.3) is 0 Å². The number of fused-ring (bicyclic) bond motifs is 3. The zero-order valence-electron chi connectivity index (χ0n) is 14.8. The number of carbonyl (C=O) groups is 1. The number of hydrogen-bond acceptors (Lipinski definition) is 3. The van der Waals surface area contributed by atoms with Gasteiger partial charge in [-0.1, -0.05) is 48.0 Å². The van der Waals surface area contributed by atoms with Crippen molar-refractivity contribution in [3.05, 3.63) is 69.9 Å². The second-order valence-electron chi connectivity index (χ2n) is 6.27. The van der Waals surface area contributed by atoms with Gasteiger partial charge in [-0.2, -0.15) is 5.10 Å². The van der Waals surface area contributed by atoms with E-state index in [0.717, 1.165) is 21.6 Å². The van der Waals surface area contributed by atoms with Gasteiger partial charge in [-0.25, -0.2) is 5.43 Å². The Labute approximate surface area is 166 Å². The summed E-state index contributed by atoms with van der Waals surface area (Å²) >= 11 is 7.38. The number of benzene rings is 2. The van der Waals surface area contributed by atoms with E-state index in [2.05, 4.69) is 39.4 Å². The van der Waals surface area contributed by atoms with Crippen LogP contribution in [-0.2, 0) is 11.3 Å². The number of nitrogens with one attached hydrogen (secondary N) is 1. The Balaban J connectivity index is 1.50. The van der Waals surface area contributed by atoms with Gasteiger partial charge in [0.05, 0.1) is 14.9 Å². The van der Waals surface area contributed by atoms with Gasteiger partial charge in [0.2, 0.25) is 5.91 Å². The molecule has 0 aliphatic carbocycles. The summed E-state index contributed by atoms with van der Waals surface area (Å²) in [7, 11) is 0. The molecule has 0 radical (unpaired) electrons. The molecule has 0 aliphatic rings. The summed E-state index contributed by atoms with van der Waals surface area (Å²) in [5, 5.41) is 6.60. The van der Waals surface area contributed by atoms with E-state index in [1.54, 1.807) is 0 Å². The topological polar surface area (TPSA) is 46.4 Å². The number of halogens is 1. The number of aromatic nitrogens is 1. The second-order valence-corrected chi connectivity index (χ2v) is 7.99. The molecule has 1 amide bonds. The smallest absolute Gasteiger partial charge is 0.241 e. The molecule has 27 heavy (non-hydrogen) atoms. The number of hydrogen-bond donors (Lipinski definition) is 1.